The molecule has 0 amide bonds. The highest BCUT2D eigenvalue weighted by Crippen LogP contribution is 2.66. The molecule has 5 aliphatic rings. The largest absolute Gasteiger partial charge is 0.484 e. The van der Waals surface area contributed by atoms with Crippen molar-refractivity contribution in [1.29, 1.82) is 0 Å². The molecule has 2 heterocycles. The van der Waals surface area contributed by atoms with Crippen LogP contribution < -0.4 is 10.1 Å². The quantitative estimate of drug-likeness (QED) is 0.269. The number of carboxylic acid groups (broad SMARTS) is 2. The van der Waals surface area contributed by atoms with E-state index < -0.39 is 41.2 Å². The van der Waals surface area contributed by atoms with E-state index in [2.05, 4.69) is 12.4 Å². The maximum atomic E-state index is 12.5. The molecule has 5 N–H and O–H groups in total. The number of rotatable bonds is 8. The van der Waals surface area contributed by atoms with Crippen molar-refractivity contribution in [2.45, 2.75) is 86.7 Å². The van der Waals surface area contributed by atoms with E-state index in [0.29, 0.717) is 30.7 Å². The summed E-state index contributed by atoms with van der Waals surface area (Å²) < 4.78 is 7.31. The molecule has 0 aromatic heterocycles. The van der Waals surface area contributed by atoms with Gasteiger partial charge in [-0.15, -0.1) is 0 Å². The van der Waals surface area contributed by atoms with E-state index in [0.717, 1.165) is 41.0 Å². The molecule has 0 radical (unpaired) electrons. The third kappa shape index (κ3) is 3.39. The van der Waals surface area contributed by atoms with Gasteiger partial charge in [0, 0.05) is 30.7 Å². The van der Waals surface area contributed by atoms with Crippen LogP contribution in [0.3, 0.4) is 0 Å². The predicted octanol–water partition coefficient (Wildman–Crippen LogP) is 1.94. The van der Waals surface area contributed by atoms with Crippen molar-refractivity contribution in [2.24, 2.45) is 5.92 Å². The minimum Gasteiger partial charge on any atom is -0.484 e. The van der Waals surface area contributed by atoms with Crippen LogP contribution in [0.5, 0.6) is 5.75 Å². The zero-order valence-electron chi connectivity index (χ0n) is 21.1. The highest BCUT2D eigenvalue weighted by molar-refractivity contribution is 5.80. The van der Waals surface area contributed by atoms with Gasteiger partial charge in [0.15, 0.2) is 0 Å². The fraction of sp³-hybridized carbons (Fsp3) is 0.667. The summed E-state index contributed by atoms with van der Waals surface area (Å²) in [5.74, 6) is -0.940. The SMILES string of the molecule is C[N@+]1(CC2CC2)CC[C@]23c4c5ccc(N[C@@H](CCC(=O)O)C(=O)O)c4O[C@H]2C(O)CC[C@@]3(O)[C@H]1C5.[CH3-]. The molecular weight excluding hydrogens is 464 g/mol. The summed E-state index contributed by atoms with van der Waals surface area (Å²) in [6.07, 6.45) is 3.29. The van der Waals surface area contributed by atoms with Gasteiger partial charge in [-0.25, -0.2) is 4.79 Å². The number of benzene rings is 1. The van der Waals surface area contributed by atoms with E-state index in [1.165, 1.54) is 12.8 Å². The van der Waals surface area contributed by atoms with Crippen molar-refractivity contribution in [3.05, 3.63) is 30.7 Å². The number of carbonyl (C=O) groups is 2. The van der Waals surface area contributed by atoms with E-state index in [1.807, 2.05) is 12.1 Å². The second kappa shape index (κ2) is 8.33. The Morgan fingerprint density at radius 2 is 1.97 bits per heavy atom. The Bertz CT molecular complexity index is 1090. The first-order valence-corrected chi connectivity index (χ1v) is 12.9. The molecule has 1 spiro atoms. The summed E-state index contributed by atoms with van der Waals surface area (Å²) in [7, 11) is 2.28. The van der Waals surface area contributed by atoms with Gasteiger partial charge in [0.2, 0.25) is 0 Å². The molecule has 2 saturated carbocycles. The van der Waals surface area contributed by atoms with Crippen LogP contribution in [0.15, 0.2) is 12.1 Å². The van der Waals surface area contributed by atoms with Gasteiger partial charge in [-0.1, -0.05) is 6.07 Å². The van der Waals surface area contributed by atoms with Crippen molar-refractivity contribution in [3.63, 3.8) is 0 Å². The van der Waals surface area contributed by atoms with E-state index in [-0.39, 0.29) is 26.3 Å². The van der Waals surface area contributed by atoms with Crippen molar-refractivity contribution in [1.82, 2.24) is 0 Å². The Morgan fingerprint density at radius 3 is 2.64 bits per heavy atom. The minimum atomic E-state index is -1.13. The minimum absolute atomic E-state index is 0. The fourth-order valence-electron chi connectivity index (χ4n) is 7.97. The maximum Gasteiger partial charge on any atom is 0.326 e. The lowest BCUT2D eigenvalue weighted by molar-refractivity contribution is -0.950. The number of likely N-dealkylation sites (N-methyl/N-ethyl adjacent to an activating group) is 1. The molecule has 3 aliphatic carbocycles. The highest BCUT2D eigenvalue weighted by atomic mass is 16.5. The standard InChI is InChI=1S/C26H34N2O7.CH3/c1-28(13-14-2-3-14)11-10-25-21-15-4-5-16(27-17(24(32)33)6-7-20(30)31)22(21)35-23(25)18(29)8-9-26(25,34)19(28)12-15;/h4-5,14,17-19,23,27,29,34H,2-3,6-13H2,1H3,(H-,30,31,32,33);1H3/q;-1/p+1/t17-,18?,19+,23-,25-,26+,28+;/m0./s1. The molecule has 9 nitrogen and oxygen atoms in total. The lowest BCUT2D eigenvalue weighted by Gasteiger charge is -2.65. The Morgan fingerprint density at radius 1 is 1.22 bits per heavy atom. The van der Waals surface area contributed by atoms with Crippen LogP contribution >= 0.6 is 0 Å². The molecule has 1 aromatic carbocycles. The van der Waals surface area contributed by atoms with E-state index in [4.69, 9.17) is 9.84 Å². The molecule has 9 heteroatoms. The maximum absolute atomic E-state index is 12.5. The fourth-order valence-corrected chi connectivity index (χ4v) is 7.97. The smallest absolute Gasteiger partial charge is 0.326 e. The summed E-state index contributed by atoms with van der Waals surface area (Å²) in [4.78, 5) is 22.9. The molecule has 1 aromatic rings. The Hall–Kier alpha value is -2.36. The molecular formula is C27H38N2O7. The monoisotopic (exact) mass is 502 g/mol. The van der Waals surface area contributed by atoms with Crippen LogP contribution in [0.2, 0.25) is 0 Å². The summed E-state index contributed by atoms with van der Waals surface area (Å²) in [5, 5.41) is 45.3. The number of hydrogen-bond acceptors (Lipinski definition) is 6. The third-order valence-corrected chi connectivity index (χ3v) is 9.74. The van der Waals surface area contributed by atoms with Crippen molar-refractivity contribution in [2.75, 3.05) is 25.5 Å². The van der Waals surface area contributed by atoms with Gasteiger partial charge >= 0.3 is 11.9 Å². The summed E-state index contributed by atoms with van der Waals surface area (Å²) in [6, 6.07) is 2.76. The Kier molecular flexibility index (Phi) is 5.85. The average molecular weight is 503 g/mol. The van der Waals surface area contributed by atoms with Gasteiger partial charge in [-0.05, 0) is 43.7 Å². The zero-order chi connectivity index (χ0) is 24.8. The normalized spacial score (nSPS) is 38.2. The van der Waals surface area contributed by atoms with Crippen LogP contribution in [-0.2, 0) is 21.4 Å². The van der Waals surface area contributed by atoms with Crippen LogP contribution in [0.4, 0.5) is 5.69 Å². The summed E-state index contributed by atoms with van der Waals surface area (Å²) >= 11 is 0. The summed E-state index contributed by atoms with van der Waals surface area (Å²) in [5.41, 5.74) is 0.778. The van der Waals surface area contributed by atoms with Crippen molar-refractivity contribution < 1.29 is 39.2 Å². The summed E-state index contributed by atoms with van der Waals surface area (Å²) in [6.45, 7) is 1.98. The number of anilines is 1. The molecule has 36 heavy (non-hydrogen) atoms. The van der Waals surface area contributed by atoms with Crippen molar-refractivity contribution in [3.8, 4) is 5.75 Å². The van der Waals surface area contributed by atoms with Crippen LogP contribution in [0.1, 0.15) is 56.1 Å². The molecule has 198 valence electrons. The number of nitrogens with one attached hydrogen (secondary N) is 1. The first-order valence-electron chi connectivity index (χ1n) is 12.9. The lowest BCUT2D eigenvalue weighted by Crippen LogP contribution is -2.81. The Balaban J connectivity index is 0.00000267. The lowest BCUT2D eigenvalue weighted by atomic mass is 9.48. The highest BCUT2D eigenvalue weighted by Gasteiger charge is 2.76. The number of nitrogens with zero attached hydrogens (tertiary/aromatic N) is 1. The van der Waals surface area contributed by atoms with Gasteiger partial charge in [0.1, 0.15) is 29.5 Å². The molecule has 3 fully saturated rings. The van der Waals surface area contributed by atoms with Crippen molar-refractivity contribution >= 4 is 17.6 Å². The predicted molar refractivity (Wildman–Crippen MR) is 132 cm³/mol. The number of aliphatic hydroxyl groups is 2. The van der Waals surface area contributed by atoms with E-state index >= 15 is 0 Å². The van der Waals surface area contributed by atoms with Gasteiger partial charge in [-0.3, -0.25) is 4.79 Å². The molecule has 1 saturated heterocycles. The van der Waals surface area contributed by atoms with Gasteiger partial charge in [-0.2, -0.15) is 0 Å². The number of piperidine rings is 1. The molecule has 2 aliphatic heterocycles. The first kappa shape index (κ1) is 25.3. The van der Waals surface area contributed by atoms with Gasteiger partial charge in [0.05, 0.1) is 37.3 Å². The number of quaternary nitrogens is 1. The molecule has 7 atom stereocenters. The van der Waals surface area contributed by atoms with Gasteiger partial charge < -0.3 is 42.4 Å². The van der Waals surface area contributed by atoms with E-state index in [1.54, 1.807) is 0 Å². The second-order valence-corrected chi connectivity index (χ2v) is 11.8. The third-order valence-electron chi connectivity index (χ3n) is 9.74. The molecule has 1 unspecified atom stereocenters. The Labute approximate surface area is 211 Å². The zero-order valence-corrected chi connectivity index (χ0v) is 21.1. The topological polar surface area (TPSA) is 136 Å². The van der Waals surface area contributed by atoms with E-state index in [9.17, 15) is 24.9 Å². The van der Waals surface area contributed by atoms with Crippen LogP contribution in [0, 0.1) is 13.3 Å². The number of ether oxygens (including phenoxy) is 1. The van der Waals surface area contributed by atoms with Gasteiger partial charge in [0.25, 0.3) is 0 Å². The van der Waals surface area contributed by atoms with Crippen LogP contribution in [-0.4, -0.2) is 86.9 Å². The molecule has 6 rings (SSSR count). The average Bonchev–Trinajstić information content (AvgIpc) is 3.52. The molecule has 2 bridgehead atoms. The second-order valence-electron chi connectivity index (χ2n) is 11.8. The number of hydrogen-bond donors (Lipinski definition) is 5. The number of aliphatic hydroxyl groups excluding tert-OH is 1. The first-order chi connectivity index (χ1) is 16.6. The number of carboxylic acids is 2. The van der Waals surface area contributed by atoms with Crippen LogP contribution in [0.25, 0.3) is 0 Å². The number of likely N-dealkylation sites (tertiary alicyclic amines) is 1. The number of aliphatic carboxylic acids is 2.